The van der Waals surface area contributed by atoms with Gasteiger partial charge in [0, 0.05) is 144 Å². The summed E-state index contributed by atoms with van der Waals surface area (Å²) in [5, 5.41) is 8.88. The van der Waals surface area contributed by atoms with Gasteiger partial charge in [-0.3, -0.25) is 39.2 Å². The van der Waals surface area contributed by atoms with E-state index in [0.29, 0.717) is 0 Å². The van der Waals surface area contributed by atoms with Crippen LogP contribution in [0.25, 0.3) is 0 Å². The summed E-state index contributed by atoms with van der Waals surface area (Å²) in [6.07, 6.45) is 0. The van der Waals surface area contributed by atoms with E-state index >= 15 is 0 Å². The highest BCUT2D eigenvalue weighted by Gasteiger charge is 2.29. The highest BCUT2D eigenvalue weighted by molar-refractivity contribution is 5.34. The molecule has 0 radical (unpaired) electrons. The number of rotatable bonds is 6. The molecule has 4 aromatic carbocycles. The molecule has 5 fully saturated rings. The van der Waals surface area contributed by atoms with Gasteiger partial charge in [0.2, 0.25) is 0 Å². The van der Waals surface area contributed by atoms with Crippen molar-refractivity contribution in [2.75, 3.05) is 112 Å². The largest absolute Gasteiger partial charge is 0.313 e. The van der Waals surface area contributed by atoms with E-state index in [0.717, 1.165) is 184 Å². The van der Waals surface area contributed by atoms with Crippen LogP contribution in [0, 0.1) is 0 Å². The second-order valence-electron chi connectivity index (χ2n) is 21.5. The summed E-state index contributed by atoms with van der Waals surface area (Å²) in [6.45, 7) is 33.7. The molecular formula is C55H78N12. The molecule has 0 saturated carbocycles. The second kappa shape index (κ2) is 20.8. The van der Waals surface area contributed by atoms with Gasteiger partial charge in [-0.2, -0.15) is 0 Å². The Kier molecular flexibility index (Phi) is 14.2. The number of hydrazine groups is 1. The lowest BCUT2D eigenvalue weighted by Gasteiger charge is -2.44. The van der Waals surface area contributed by atoms with Crippen molar-refractivity contribution in [2.24, 2.45) is 0 Å². The zero-order valence-electron chi connectivity index (χ0n) is 41.1. The van der Waals surface area contributed by atoms with Gasteiger partial charge in [0.1, 0.15) is 0 Å². The molecule has 4 aromatic rings. The van der Waals surface area contributed by atoms with Crippen LogP contribution in [0.3, 0.4) is 0 Å². The third kappa shape index (κ3) is 11.7. The summed E-state index contributed by atoms with van der Waals surface area (Å²) in [5.74, 6) is 0. The summed E-state index contributed by atoms with van der Waals surface area (Å²) in [4.78, 5) is 23.9. The van der Waals surface area contributed by atoms with Crippen LogP contribution in [0.4, 0.5) is 0 Å². The molecule has 8 atom stereocenters. The van der Waals surface area contributed by atoms with Gasteiger partial charge in [0.25, 0.3) is 0 Å². The van der Waals surface area contributed by atoms with E-state index in [4.69, 9.17) is 0 Å². The Labute approximate surface area is 402 Å². The molecule has 358 valence electrons. The fraction of sp³-hybridized carbons (Fsp3) is 0.564. The molecule has 5 saturated heterocycles. The number of hydrogen-bond acceptors (Lipinski definition) is 12. The van der Waals surface area contributed by atoms with Gasteiger partial charge in [0.15, 0.2) is 0 Å². The van der Waals surface area contributed by atoms with Gasteiger partial charge in [-0.25, -0.2) is 10.0 Å². The molecule has 0 aliphatic carbocycles. The van der Waals surface area contributed by atoms with Crippen molar-refractivity contribution in [1.29, 1.82) is 0 Å². The lowest BCUT2D eigenvalue weighted by atomic mass is 10.0. The highest BCUT2D eigenvalue weighted by atomic mass is 15.7. The Bertz CT molecular complexity index is 2190. The van der Waals surface area contributed by atoms with Gasteiger partial charge < -0.3 is 10.2 Å². The molecule has 7 heterocycles. The molecule has 0 aromatic heterocycles. The average molecular weight is 907 g/mol. The van der Waals surface area contributed by atoms with Crippen LogP contribution >= 0.6 is 0 Å². The van der Waals surface area contributed by atoms with Crippen LogP contribution in [0.5, 0.6) is 0 Å². The molecule has 1 N–H and O–H groups in total. The first kappa shape index (κ1) is 45.8. The molecule has 12 nitrogen and oxygen atoms in total. The van der Waals surface area contributed by atoms with Crippen molar-refractivity contribution in [3.05, 3.63) is 140 Å². The standard InChI is InChI=1S/C55H78N12/c1-4-56-28-44-16-46-20-47(17-44)31-59-7-9-63(41-59)35-51-23-53-27-55(25-51)39-67-15-14-66(67)38-54-24-50(34-62-8-6-58(30-46)40-62)22-52(26-54)36-64-12-10-60(42-64)32-48-18-45(29-57(3)5-2)19-49(21-48)33-61-11-13-65(37-53)43-61/h16-27,56H,4-15,28-43H2,1-3H3. The number of nitrogens with zero attached hydrogens (tertiary/aromatic N) is 11. The zero-order chi connectivity index (χ0) is 45.3. The summed E-state index contributed by atoms with van der Waals surface area (Å²) < 4.78 is 0. The fourth-order valence-electron chi connectivity index (χ4n) is 12.2. The zero-order valence-corrected chi connectivity index (χ0v) is 41.1. The summed E-state index contributed by atoms with van der Waals surface area (Å²) >= 11 is 0. The van der Waals surface area contributed by atoms with Gasteiger partial charge in [-0.15, -0.1) is 0 Å². The van der Waals surface area contributed by atoms with Crippen molar-refractivity contribution < 1.29 is 0 Å². The maximum absolute atomic E-state index is 3.63. The van der Waals surface area contributed by atoms with Gasteiger partial charge in [0.05, 0.1) is 26.7 Å². The number of nitrogens with one attached hydrogen (secondary N) is 1. The maximum atomic E-state index is 3.63. The molecule has 7 aliphatic rings. The normalized spacial score (nSPS) is 29.2. The Morgan fingerprint density at radius 2 is 0.627 bits per heavy atom. The highest BCUT2D eigenvalue weighted by Crippen LogP contribution is 2.28. The lowest BCUT2D eigenvalue weighted by molar-refractivity contribution is -0.126. The molecule has 0 amide bonds. The van der Waals surface area contributed by atoms with E-state index in [1.54, 1.807) is 0 Å². The maximum Gasteiger partial charge on any atom is 0.0513 e. The quantitative estimate of drug-likeness (QED) is 0.277. The molecule has 7 aliphatic heterocycles. The number of fused-ring (bicyclic) bond motifs is 16. The average Bonchev–Trinajstić information content (AvgIpc) is 4.13. The molecule has 8 unspecified atom stereocenters. The first-order valence-electron chi connectivity index (χ1n) is 25.9. The van der Waals surface area contributed by atoms with Crippen molar-refractivity contribution in [3.63, 3.8) is 0 Å². The molecule has 67 heavy (non-hydrogen) atoms. The minimum atomic E-state index is 0.929. The first-order chi connectivity index (χ1) is 32.8. The smallest absolute Gasteiger partial charge is 0.0513 e. The van der Waals surface area contributed by atoms with Crippen LogP contribution < -0.4 is 5.32 Å². The topological polar surface area (TPSA) is 47.7 Å². The third-order valence-corrected chi connectivity index (χ3v) is 15.5. The molecule has 0 spiro atoms. The van der Waals surface area contributed by atoms with E-state index in [1.165, 1.54) is 66.8 Å². The monoisotopic (exact) mass is 907 g/mol. The minimum Gasteiger partial charge on any atom is -0.313 e. The van der Waals surface area contributed by atoms with Crippen molar-refractivity contribution in [1.82, 2.24) is 59.4 Å². The van der Waals surface area contributed by atoms with E-state index in [-0.39, 0.29) is 0 Å². The molecule has 12 heteroatoms. The Hall–Kier alpha value is -3.60. The van der Waals surface area contributed by atoms with Crippen LogP contribution in [-0.4, -0.2) is 166 Å². The first-order valence-corrected chi connectivity index (χ1v) is 25.9. The van der Waals surface area contributed by atoms with Crippen LogP contribution in [0.15, 0.2) is 72.8 Å². The summed E-state index contributed by atoms with van der Waals surface area (Å²) in [6, 6.07) is 30.3. The van der Waals surface area contributed by atoms with Gasteiger partial charge in [-0.1, -0.05) is 86.6 Å². The van der Waals surface area contributed by atoms with Crippen molar-refractivity contribution in [2.45, 2.75) is 92.4 Å². The second-order valence-corrected chi connectivity index (χ2v) is 21.5. The van der Waals surface area contributed by atoms with Gasteiger partial charge in [-0.05, 0) is 86.9 Å². The van der Waals surface area contributed by atoms with E-state index in [9.17, 15) is 0 Å². The molecule has 11 rings (SSSR count). The summed E-state index contributed by atoms with van der Waals surface area (Å²) in [5.41, 5.74) is 17.5. The number of benzene rings is 4. The fourth-order valence-corrected chi connectivity index (χ4v) is 12.2. The van der Waals surface area contributed by atoms with E-state index < -0.39 is 0 Å². The van der Waals surface area contributed by atoms with Crippen LogP contribution in [0.1, 0.15) is 80.6 Å². The van der Waals surface area contributed by atoms with Gasteiger partial charge >= 0.3 is 0 Å². The van der Waals surface area contributed by atoms with E-state index in [2.05, 4.69) is 153 Å². The summed E-state index contributed by atoms with van der Waals surface area (Å²) in [7, 11) is 2.25. The predicted molar refractivity (Wildman–Crippen MR) is 269 cm³/mol. The van der Waals surface area contributed by atoms with E-state index in [1.807, 2.05) is 0 Å². The van der Waals surface area contributed by atoms with Crippen molar-refractivity contribution >= 4 is 0 Å². The van der Waals surface area contributed by atoms with Crippen molar-refractivity contribution in [3.8, 4) is 0 Å². The van der Waals surface area contributed by atoms with Crippen LogP contribution in [-0.2, 0) is 78.5 Å². The Balaban J connectivity index is 0.934. The third-order valence-electron chi connectivity index (χ3n) is 15.5. The molecule has 18 bridgehead atoms. The van der Waals surface area contributed by atoms with Crippen LogP contribution in [0.2, 0.25) is 0 Å². The lowest BCUT2D eigenvalue weighted by Crippen LogP contribution is -2.55. The minimum absolute atomic E-state index is 0.929. The SMILES string of the molecule is CCNCc1cc2cc(c1)CN1CCN(Cc3cc4cc(c3)CN3CCN3Cc3cc(cc(c3)CN3CCN(Cc5cc(CN(C)CC)cc(c5)CN5CCN(C4)C5)C3)CN3CCN(C2)C3)C1. The number of hydrogen-bond donors (Lipinski definition) is 1. The Morgan fingerprint density at radius 3 is 0.896 bits per heavy atom. The Morgan fingerprint density at radius 1 is 0.358 bits per heavy atom. The molecular weight excluding hydrogens is 829 g/mol. The predicted octanol–water partition coefficient (Wildman–Crippen LogP) is 5.21.